The number of para-hydroxylation sites is 3. The molecule has 0 aliphatic rings. The van der Waals surface area contributed by atoms with Gasteiger partial charge in [0.25, 0.3) is 0 Å². The van der Waals surface area contributed by atoms with Crippen molar-refractivity contribution in [2.45, 2.75) is 20.8 Å². The molecule has 142 valence electrons. The van der Waals surface area contributed by atoms with E-state index in [1.165, 1.54) is 39.0 Å². The summed E-state index contributed by atoms with van der Waals surface area (Å²) in [5, 5.41) is 1.24. The maximum Gasteiger partial charge on any atom is 0.218 e. The van der Waals surface area contributed by atoms with Crippen LogP contribution in [0.25, 0.3) is 39.0 Å². The highest BCUT2D eigenvalue weighted by Gasteiger charge is 2.22. The van der Waals surface area contributed by atoms with E-state index < -0.39 is 0 Å². The Bertz CT molecular complexity index is 1390. The second-order valence-electron chi connectivity index (χ2n) is 7.81. The molecule has 0 amide bonds. The van der Waals surface area contributed by atoms with Crippen molar-refractivity contribution in [3.8, 4) is 17.1 Å². The molecular formula is C26H24N3+. The van der Waals surface area contributed by atoms with Gasteiger partial charge in [-0.1, -0.05) is 24.3 Å². The summed E-state index contributed by atoms with van der Waals surface area (Å²) in [5.41, 5.74) is 9.47. The molecule has 29 heavy (non-hydrogen) atoms. The molecule has 2 aromatic heterocycles. The fourth-order valence-corrected chi connectivity index (χ4v) is 4.32. The van der Waals surface area contributed by atoms with Crippen LogP contribution >= 0.6 is 0 Å². The molecule has 0 aliphatic carbocycles. The number of hydrogen-bond donors (Lipinski definition) is 0. The minimum atomic E-state index is 1.01. The van der Waals surface area contributed by atoms with Gasteiger partial charge < -0.3 is 4.57 Å². The van der Waals surface area contributed by atoms with Crippen LogP contribution in [0.2, 0.25) is 0 Å². The first kappa shape index (κ1) is 17.6. The van der Waals surface area contributed by atoms with Gasteiger partial charge in [0.05, 0.1) is 11.0 Å². The summed E-state index contributed by atoms with van der Waals surface area (Å²) >= 11 is 0. The van der Waals surface area contributed by atoms with E-state index in [0.717, 1.165) is 16.9 Å². The van der Waals surface area contributed by atoms with E-state index in [9.17, 15) is 0 Å². The minimum absolute atomic E-state index is 1.01. The van der Waals surface area contributed by atoms with Gasteiger partial charge in [0.2, 0.25) is 11.2 Å². The molecule has 0 saturated heterocycles. The van der Waals surface area contributed by atoms with Crippen molar-refractivity contribution in [1.29, 1.82) is 0 Å². The maximum absolute atomic E-state index is 4.96. The highest BCUT2D eigenvalue weighted by molar-refractivity contribution is 5.82. The third-order valence-electron chi connectivity index (χ3n) is 5.83. The van der Waals surface area contributed by atoms with E-state index >= 15 is 0 Å². The lowest BCUT2D eigenvalue weighted by atomic mass is 10.0. The van der Waals surface area contributed by atoms with Crippen molar-refractivity contribution in [3.05, 3.63) is 89.6 Å². The first-order chi connectivity index (χ1) is 14.0. The Morgan fingerprint density at radius 3 is 2.41 bits per heavy atom. The SMILES string of the molecule is Cc1cc(-c2nc3ccccc3n2C)c(C)c(-[n+]2c(C)ccc3ccccc32)c1. The van der Waals surface area contributed by atoms with Gasteiger partial charge in [-0.25, -0.2) is 4.98 Å². The summed E-state index contributed by atoms with van der Waals surface area (Å²) in [7, 11) is 2.10. The average molecular weight is 378 g/mol. The summed E-state index contributed by atoms with van der Waals surface area (Å²) in [5.74, 6) is 1.01. The number of benzene rings is 3. The molecule has 0 radical (unpaired) electrons. The Morgan fingerprint density at radius 1 is 0.828 bits per heavy atom. The van der Waals surface area contributed by atoms with Crippen LogP contribution in [-0.2, 0) is 7.05 Å². The molecule has 0 N–H and O–H groups in total. The van der Waals surface area contributed by atoms with Gasteiger partial charge >= 0.3 is 0 Å². The monoisotopic (exact) mass is 378 g/mol. The lowest BCUT2D eigenvalue weighted by Crippen LogP contribution is -2.36. The molecule has 0 atom stereocenters. The molecule has 0 fully saturated rings. The lowest BCUT2D eigenvalue weighted by molar-refractivity contribution is -0.574. The van der Waals surface area contributed by atoms with Crippen LogP contribution in [0.5, 0.6) is 0 Å². The Balaban J connectivity index is 1.83. The number of aromatic nitrogens is 3. The molecule has 0 spiro atoms. The molecule has 5 rings (SSSR count). The molecule has 0 saturated carbocycles. The maximum atomic E-state index is 4.96. The van der Waals surface area contributed by atoms with Gasteiger partial charge in [-0.2, -0.15) is 4.57 Å². The number of imidazole rings is 1. The van der Waals surface area contributed by atoms with Gasteiger partial charge in [0.1, 0.15) is 5.82 Å². The third kappa shape index (κ3) is 2.73. The van der Waals surface area contributed by atoms with Gasteiger partial charge in [0, 0.05) is 48.7 Å². The van der Waals surface area contributed by atoms with Crippen molar-refractivity contribution < 1.29 is 4.57 Å². The molecular weight excluding hydrogens is 354 g/mol. The Kier molecular flexibility index (Phi) is 3.99. The summed E-state index contributed by atoms with van der Waals surface area (Å²) in [6.45, 7) is 6.54. The Morgan fingerprint density at radius 2 is 1.59 bits per heavy atom. The smallest absolute Gasteiger partial charge is 0.218 e. The van der Waals surface area contributed by atoms with Gasteiger partial charge in [-0.05, 0) is 49.7 Å². The van der Waals surface area contributed by atoms with Crippen molar-refractivity contribution in [2.75, 3.05) is 0 Å². The van der Waals surface area contributed by atoms with Crippen molar-refractivity contribution >= 4 is 21.9 Å². The van der Waals surface area contributed by atoms with E-state index in [1.54, 1.807) is 0 Å². The largest absolute Gasteiger partial charge is 0.327 e. The molecule has 5 aromatic rings. The van der Waals surface area contributed by atoms with Crippen molar-refractivity contribution in [1.82, 2.24) is 9.55 Å². The van der Waals surface area contributed by atoms with Crippen LogP contribution in [0.1, 0.15) is 16.8 Å². The number of nitrogens with zero attached hydrogens (tertiary/aromatic N) is 3. The van der Waals surface area contributed by atoms with Crippen LogP contribution < -0.4 is 4.57 Å². The standard InChI is InChI=1S/C26H24N3/c1-17-15-21(26-27-22-10-6-8-12-24(22)28(26)4)19(3)25(16-17)29-18(2)13-14-20-9-5-7-11-23(20)29/h5-16H,1-4H3/q+1. The fraction of sp³-hybridized carbons (Fsp3) is 0.154. The molecule has 0 bridgehead atoms. The molecule has 2 heterocycles. The predicted octanol–water partition coefficient (Wildman–Crippen LogP) is 5.60. The summed E-state index contributed by atoms with van der Waals surface area (Å²) < 4.78 is 4.56. The molecule has 0 unspecified atom stereocenters. The second kappa shape index (κ2) is 6.56. The number of hydrogen-bond acceptors (Lipinski definition) is 1. The number of aryl methyl sites for hydroxylation is 3. The van der Waals surface area contributed by atoms with Crippen molar-refractivity contribution in [3.63, 3.8) is 0 Å². The number of rotatable bonds is 2. The molecule has 3 aromatic carbocycles. The van der Waals surface area contributed by atoms with E-state index in [2.05, 4.69) is 104 Å². The zero-order valence-corrected chi connectivity index (χ0v) is 17.3. The van der Waals surface area contributed by atoms with Gasteiger partial charge in [-0.15, -0.1) is 0 Å². The minimum Gasteiger partial charge on any atom is -0.327 e. The van der Waals surface area contributed by atoms with Gasteiger partial charge in [-0.3, -0.25) is 0 Å². The lowest BCUT2D eigenvalue weighted by Gasteiger charge is -2.12. The Labute approximate surface area is 170 Å². The zero-order valence-electron chi connectivity index (χ0n) is 17.3. The quantitative estimate of drug-likeness (QED) is 0.367. The first-order valence-electron chi connectivity index (χ1n) is 9.98. The predicted molar refractivity (Wildman–Crippen MR) is 119 cm³/mol. The summed E-state index contributed by atoms with van der Waals surface area (Å²) in [4.78, 5) is 4.96. The molecule has 0 aliphatic heterocycles. The van der Waals surface area contributed by atoms with Crippen LogP contribution in [0.3, 0.4) is 0 Å². The van der Waals surface area contributed by atoms with E-state index in [0.29, 0.717) is 0 Å². The molecule has 3 heteroatoms. The molecule has 3 nitrogen and oxygen atoms in total. The fourth-order valence-electron chi connectivity index (χ4n) is 4.32. The van der Waals surface area contributed by atoms with Crippen LogP contribution in [0, 0.1) is 20.8 Å². The van der Waals surface area contributed by atoms with Crippen LogP contribution in [-0.4, -0.2) is 9.55 Å². The first-order valence-corrected chi connectivity index (χ1v) is 9.98. The third-order valence-corrected chi connectivity index (χ3v) is 5.83. The summed E-state index contributed by atoms with van der Waals surface area (Å²) in [6.07, 6.45) is 0. The van der Waals surface area contributed by atoms with E-state index in [-0.39, 0.29) is 0 Å². The summed E-state index contributed by atoms with van der Waals surface area (Å²) in [6, 6.07) is 25.8. The highest BCUT2D eigenvalue weighted by Crippen LogP contribution is 2.30. The van der Waals surface area contributed by atoms with E-state index in [4.69, 9.17) is 4.98 Å². The number of pyridine rings is 1. The van der Waals surface area contributed by atoms with Gasteiger partial charge in [0.15, 0.2) is 5.69 Å². The number of fused-ring (bicyclic) bond motifs is 2. The van der Waals surface area contributed by atoms with E-state index in [1.807, 2.05) is 6.07 Å². The highest BCUT2D eigenvalue weighted by atomic mass is 15.1. The van der Waals surface area contributed by atoms with Crippen LogP contribution in [0.4, 0.5) is 0 Å². The Hall–Kier alpha value is -3.46. The van der Waals surface area contributed by atoms with Crippen LogP contribution in [0.15, 0.2) is 72.8 Å². The average Bonchev–Trinajstić information content (AvgIpc) is 3.06. The zero-order chi connectivity index (χ0) is 20.1. The normalized spacial score (nSPS) is 11.4. The van der Waals surface area contributed by atoms with Crippen molar-refractivity contribution in [2.24, 2.45) is 7.05 Å². The second-order valence-corrected chi connectivity index (χ2v) is 7.81. The topological polar surface area (TPSA) is 21.7 Å².